The molecule has 0 spiro atoms. The highest BCUT2D eigenvalue weighted by atomic mass is 32.2. The highest BCUT2D eigenvalue weighted by Gasteiger charge is 2.47. The van der Waals surface area contributed by atoms with Gasteiger partial charge in [-0.2, -0.15) is 51.0 Å². The molecule has 0 aromatic heterocycles. The molecule has 6 N–H and O–H groups in total. The van der Waals surface area contributed by atoms with Gasteiger partial charge in [0.2, 0.25) is 5.69 Å². The third kappa shape index (κ3) is 11.9. The first-order valence-corrected chi connectivity index (χ1v) is 29.3. The average Bonchev–Trinajstić information content (AvgIpc) is 3.59. The highest BCUT2D eigenvalue weighted by molar-refractivity contribution is 7.95. The highest BCUT2D eigenvalue weighted by Crippen LogP contribution is 2.55. The summed E-state index contributed by atoms with van der Waals surface area (Å²) in [5.74, 6) is -2.42. The molecular weight excluding hydrogens is 1040 g/mol. The van der Waals surface area contributed by atoms with Crippen LogP contribution in [0.1, 0.15) is 76.8 Å². The summed E-state index contributed by atoms with van der Waals surface area (Å²) in [4.78, 5) is 10.7. The molecule has 70 heavy (non-hydrogen) atoms. The summed E-state index contributed by atoms with van der Waals surface area (Å²) in [6.07, 6.45) is 5.53. The maximum absolute atomic E-state index is 12.7. The van der Waals surface area contributed by atoms with Gasteiger partial charge in [0.15, 0.2) is 5.71 Å². The first-order chi connectivity index (χ1) is 32.3. The second-order valence-corrected chi connectivity index (χ2v) is 25.5. The quantitative estimate of drug-likeness (QED) is 0.0148. The normalized spacial score (nSPS) is 18.2. The molecule has 2 aliphatic rings. The van der Waals surface area contributed by atoms with E-state index in [0.717, 1.165) is 18.2 Å². The molecule has 0 bridgehead atoms. The Morgan fingerprint density at radius 2 is 1.33 bits per heavy atom. The number of allylic oxidation sites excluding steroid dienone is 4. The van der Waals surface area contributed by atoms with E-state index < -0.39 is 93.6 Å². The number of carboxylic acids is 1. The van der Waals surface area contributed by atoms with Gasteiger partial charge in [0, 0.05) is 64.2 Å². The smallest absolute Gasteiger partial charge is 0.303 e. The molecule has 2 heterocycles. The number of unbranched alkanes of at least 4 members (excludes halogenated alkanes) is 2. The fourth-order valence-electron chi connectivity index (χ4n) is 9.47. The van der Waals surface area contributed by atoms with Crippen LogP contribution in [0.15, 0.2) is 92.0 Å². The van der Waals surface area contributed by atoms with Crippen LogP contribution in [0, 0.1) is 0 Å². The van der Waals surface area contributed by atoms with Gasteiger partial charge >= 0.3 is 5.97 Å². The third-order valence-corrected chi connectivity index (χ3v) is 17.1. The number of carboxylic acid groups (broad SMARTS) is 1. The minimum Gasteiger partial charge on any atom is -0.691 e. The topological polar surface area (TPSA) is 357 Å². The second kappa shape index (κ2) is 20.2. The molecule has 0 fully saturated rings. The van der Waals surface area contributed by atoms with Crippen molar-refractivity contribution in [3.63, 3.8) is 0 Å². The standard InChI is InChI=1S/C42H48N2O20S6/c1-41(2)36(43(18-6-4-5-12-38(45)46)32-16-14-29-31(39(32)41)23-27(69(57,58)59)25-35(29)70(60,61)62)10-7-11-37-42(3,17-8-20-66(48,49)50)40-30-22-26(68(54,55)56)24-34(65-64-63-47)28(30)13-15-33(40)44(37)19-9-21-67(51,52)53/h7,10-11,13-16,22-25H,4-6,8-9,12,17-21H2,1-3H3,(H6-,45,46,47,48,49,50,51,52,53,54,55,56,57,58,59,60,61,62). The van der Waals surface area contributed by atoms with Gasteiger partial charge in [-0.3, -0.25) is 32.6 Å². The van der Waals surface area contributed by atoms with Gasteiger partial charge in [-0.25, -0.2) is 0 Å². The molecule has 4 aromatic carbocycles. The van der Waals surface area contributed by atoms with Crippen molar-refractivity contribution in [1.29, 1.82) is 0 Å². The van der Waals surface area contributed by atoms with E-state index in [-0.39, 0.29) is 65.2 Å². The Morgan fingerprint density at radius 3 is 1.91 bits per heavy atom. The molecule has 2 aliphatic heterocycles. The maximum atomic E-state index is 12.7. The third-order valence-electron chi connectivity index (χ3n) is 12.3. The number of benzene rings is 4. The van der Waals surface area contributed by atoms with Crippen LogP contribution in [-0.4, -0.2) is 111 Å². The van der Waals surface area contributed by atoms with Crippen LogP contribution in [0.5, 0.6) is 0 Å². The molecule has 0 saturated carbocycles. The number of anilines is 1. The molecule has 22 nitrogen and oxygen atoms in total. The van der Waals surface area contributed by atoms with Gasteiger partial charge in [-0.05, 0) is 117 Å². The Kier molecular flexibility index (Phi) is 15.9. The van der Waals surface area contributed by atoms with Gasteiger partial charge in [-0.1, -0.05) is 12.1 Å². The van der Waals surface area contributed by atoms with Crippen molar-refractivity contribution < 1.29 is 94.0 Å². The Morgan fingerprint density at radius 1 is 0.729 bits per heavy atom. The number of nitrogens with zero attached hydrogens (tertiary/aromatic N) is 2. The fourth-order valence-corrected chi connectivity index (χ4v) is 13.0. The molecular formula is C42H48N2O20S6. The van der Waals surface area contributed by atoms with E-state index in [1.807, 2.05) is 4.58 Å². The first kappa shape index (κ1) is 54.9. The second-order valence-electron chi connectivity index (χ2n) is 17.4. The lowest BCUT2D eigenvalue weighted by atomic mass is 9.75. The molecule has 0 amide bonds. The van der Waals surface area contributed by atoms with E-state index in [0.29, 0.717) is 71.3 Å². The number of hydrogen-bond donors (Lipinski definition) is 6. The van der Waals surface area contributed by atoms with Crippen LogP contribution >= 0.6 is 12.0 Å². The number of carbonyl (C=O) groups is 1. The Labute approximate surface area is 408 Å². The summed E-state index contributed by atoms with van der Waals surface area (Å²) >= 11 is 0.327. The van der Waals surface area contributed by atoms with Crippen LogP contribution in [0.4, 0.5) is 11.4 Å². The van der Waals surface area contributed by atoms with Gasteiger partial charge in [0.25, 0.3) is 50.6 Å². The number of rotatable bonds is 22. The molecule has 1 atom stereocenters. The lowest BCUT2D eigenvalue weighted by molar-refractivity contribution is -0.777. The van der Waals surface area contributed by atoms with Crippen molar-refractivity contribution in [3.05, 3.63) is 83.6 Å². The fraction of sp³-hybridized carbons (Fsp3) is 0.381. The van der Waals surface area contributed by atoms with E-state index in [2.05, 4.69) is 9.37 Å². The summed E-state index contributed by atoms with van der Waals surface area (Å²) in [5.41, 5.74) is -0.112. The molecule has 382 valence electrons. The minimum atomic E-state index is -5.08. The van der Waals surface area contributed by atoms with Crippen LogP contribution in [0.2, 0.25) is 0 Å². The Balaban J connectivity index is 1.62. The Bertz CT molecular complexity index is 3460. The number of fused-ring (bicyclic) bond motifs is 6. The molecule has 1 unspecified atom stereocenters. The zero-order valence-electron chi connectivity index (χ0n) is 37.4. The SMILES string of the molecule is CC1(C)C(/C=C/C=C2/N(CCCS(=O)(=O)O)c3ccc4c(SOO[O-])cc(S(=O)(=O)O)cc4c3C2(C)CCCS(=O)(=O)O)=[N+](CCCCCC(=O)O)c2ccc3c(S(=O)(=O)O)cc(S(=O)(=O)O)cc3c21. The Hall–Kier alpha value is -4.40. The van der Waals surface area contributed by atoms with Crippen molar-refractivity contribution in [1.82, 2.24) is 0 Å². The summed E-state index contributed by atoms with van der Waals surface area (Å²) < 4.78 is 180. The average molecular weight is 1090 g/mol. The lowest BCUT2D eigenvalue weighted by Gasteiger charge is -2.31. The van der Waals surface area contributed by atoms with E-state index >= 15 is 0 Å². The first-order valence-electron chi connectivity index (χ1n) is 21.0. The predicted octanol–water partition coefficient (Wildman–Crippen LogP) is 5.15. The largest absolute Gasteiger partial charge is 0.691 e. The molecule has 0 saturated heterocycles. The van der Waals surface area contributed by atoms with Crippen LogP contribution < -0.4 is 10.2 Å². The van der Waals surface area contributed by atoms with E-state index in [9.17, 15) is 80.0 Å². The van der Waals surface area contributed by atoms with Gasteiger partial charge in [0.05, 0.1) is 38.8 Å². The number of hydrogen-bond acceptors (Lipinski definition) is 16. The minimum absolute atomic E-state index is 0.0123. The van der Waals surface area contributed by atoms with Gasteiger partial charge in [-0.15, -0.1) is 0 Å². The van der Waals surface area contributed by atoms with Gasteiger partial charge in [0.1, 0.15) is 11.4 Å². The zero-order valence-corrected chi connectivity index (χ0v) is 42.3. The van der Waals surface area contributed by atoms with Crippen molar-refractivity contribution >= 4 is 107 Å². The van der Waals surface area contributed by atoms with Crippen molar-refractivity contribution in [2.24, 2.45) is 0 Å². The summed E-state index contributed by atoms with van der Waals surface area (Å²) in [6, 6.07) is 9.95. The molecule has 28 heteroatoms. The maximum Gasteiger partial charge on any atom is 0.303 e. The van der Waals surface area contributed by atoms with Crippen molar-refractivity contribution in [2.75, 3.05) is 29.5 Å². The molecule has 0 aliphatic carbocycles. The molecule has 6 rings (SSSR count). The van der Waals surface area contributed by atoms with Gasteiger partial charge < -0.3 is 15.3 Å². The van der Waals surface area contributed by atoms with Crippen LogP contribution in [-0.2, 0) is 75.6 Å². The zero-order chi connectivity index (χ0) is 52.0. The van der Waals surface area contributed by atoms with E-state index in [4.69, 9.17) is 0 Å². The van der Waals surface area contributed by atoms with Crippen molar-refractivity contribution in [3.8, 4) is 0 Å². The predicted molar refractivity (Wildman–Crippen MR) is 253 cm³/mol. The van der Waals surface area contributed by atoms with Crippen molar-refractivity contribution in [2.45, 2.75) is 96.1 Å². The monoisotopic (exact) mass is 1090 g/mol. The van der Waals surface area contributed by atoms with E-state index in [1.54, 1.807) is 56.0 Å². The van der Waals surface area contributed by atoms with Crippen LogP contribution in [0.25, 0.3) is 21.5 Å². The number of aliphatic carboxylic acids is 1. The summed E-state index contributed by atoms with van der Waals surface area (Å²) in [5, 5.41) is 24.0. The molecule has 0 radical (unpaired) electrons. The van der Waals surface area contributed by atoms with Crippen LogP contribution in [0.3, 0.4) is 0 Å². The van der Waals surface area contributed by atoms with E-state index in [1.165, 1.54) is 12.1 Å². The summed E-state index contributed by atoms with van der Waals surface area (Å²) in [6.45, 7) is 5.30. The molecule has 4 aromatic rings. The summed E-state index contributed by atoms with van der Waals surface area (Å²) in [7, 11) is -24.1. The lowest BCUT2D eigenvalue weighted by Crippen LogP contribution is -2.31.